The number of nitrogens with one attached hydrogen (secondary N) is 4. The largest absolute Gasteiger partial charge is 0.331 e. The van der Waals surface area contributed by atoms with Crippen LogP contribution in [0, 0.1) is 0 Å². The van der Waals surface area contributed by atoms with E-state index in [1.807, 2.05) is 24.3 Å². The van der Waals surface area contributed by atoms with E-state index in [-0.39, 0.29) is 0 Å². The van der Waals surface area contributed by atoms with Gasteiger partial charge in [-0.25, -0.2) is 0 Å². The molecule has 0 aromatic heterocycles. The smallest absolute Gasteiger partial charge is 0.189 e. The SMILES string of the molecule is CC(C)c1ccc(NC(=S)NNC(=S)Nc2ccc(C(C)C)cc2)cc1. The van der Waals surface area contributed by atoms with Gasteiger partial charge in [0, 0.05) is 11.4 Å². The van der Waals surface area contributed by atoms with Gasteiger partial charge in [-0.2, -0.15) is 0 Å². The van der Waals surface area contributed by atoms with Gasteiger partial charge in [0.05, 0.1) is 0 Å². The zero-order valence-electron chi connectivity index (χ0n) is 15.6. The van der Waals surface area contributed by atoms with E-state index in [1.54, 1.807) is 0 Å². The quantitative estimate of drug-likeness (QED) is 0.432. The molecular weight excluding hydrogens is 360 g/mol. The first-order chi connectivity index (χ1) is 12.3. The summed E-state index contributed by atoms with van der Waals surface area (Å²) in [5.74, 6) is 1.02. The van der Waals surface area contributed by atoms with Crippen LogP contribution in [0.2, 0.25) is 0 Å². The second-order valence-corrected chi connectivity index (χ2v) is 7.53. The Morgan fingerprint density at radius 2 is 0.923 bits per heavy atom. The Hall–Kier alpha value is -2.18. The summed E-state index contributed by atoms with van der Waals surface area (Å²) in [6, 6.07) is 16.4. The van der Waals surface area contributed by atoms with Gasteiger partial charge in [-0.1, -0.05) is 52.0 Å². The lowest BCUT2D eigenvalue weighted by Gasteiger charge is -2.15. The first kappa shape index (κ1) is 20.1. The summed E-state index contributed by atoms with van der Waals surface area (Å²) in [4.78, 5) is 0. The van der Waals surface area contributed by atoms with Crippen LogP contribution in [0.15, 0.2) is 48.5 Å². The van der Waals surface area contributed by atoms with Crippen molar-refractivity contribution in [1.29, 1.82) is 0 Å². The molecule has 0 aliphatic heterocycles. The molecular formula is C20H26N4S2. The van der Waals surface area contributed by atoms with E-state index in [9.17, 15) is 0 Å². The van der Waals surface area contributed by atoms with Gasteiger partial charge >= 0.3 is 0 Å². The molecule has 2 aromatic carbocycles. The van der Waals surface area contributed by atoms with Crippen LogP contribution in [-0.2, 0) is 0 Å². The fraction of sp³-hybridized carbons (Fsp3) is 0.300. The molecule has 26 heavy (non-hydrogen) atoms. The molecule has 4 N–H and O–H groups in total. The molecule has 0 bridgehead atoms. The minimum absolute atomic E-state index is 0.446. The van der Waals surface area contributed by atoms with Crippen LogP contribution in [0.4, 0.5) is 11.4 Å². The highest BCUT2D eigenvalue weighted by Crippen LogP contribution is 2.18. The van der Waals surface area contributed by atoms with Gasteiger partial charge in [0.15, 0.2) is 10.2 Å². The monoisotopic (exact) mass is 386 g/mol. The van der Waals surface area contributed by atoms with Crippen molar-refractivity contribution in [3.05, 3.63) is 59.7 Å². The minimum atomic E-state index is 0.446. The highest BCUT2D eigenvalue weighted by atomic mass is 32.1. The molecule has 138 valence electrons. The van der Waals surface area contributed by atoms with Gasteiger partial charge in [0.2, 0.25) is 0 Å². The van der Waals surface area contributed by atoms with E-state index in [1.165, 1.54) is 11.1 Å². The molecule has 0 spiro atoms. The molecule has 2 aromatic rings. The summed E-state index contributed by atoms with van der Waals surface area (Å²) in [6.45, 7) is 8.68. The lowest BCUT2D eigenvalue weighted by Crippen LogP contribution is -2.45. The van der Waals surface area contributed by atoms with Crippen molar-refractivity contribution in [2.45, 2.75) is 39.5 Å². The van der Waals surface area contributed by atoms with Crippen LogP contribution < -0.4 is 21.5 Å². The van der Waals surface area contributed by atoms with Crippen LogP contribution in [-0.4, -0.2) is 10.2 Å². The van der Waals surface area contributed by atoms with Crippen molar-refractivity contribution in [2.24, 2.45) is 0 Å². The summed E-state index contributed by atoms with van der Waals surface area (Å²) < 4.78 is 0. The lowest BCUT2D eigenvalue weighted by molar-refractivity contribution is 0.866. The average molecular weight is 387 g/mol. The third-order valence-corrected chi connectivity index (χ3v) is 4.37. The molecule has 0 saturated carbocycles. The normalized spacial score (nSPS) is 10.5. The fourth-order valence-electron chi connectivity index (χ4n) is 2.34. The number of benzene rings is 2. The van der Waals surface area contributed by atoms with Crippen LogP contribution in [0.3, 0.4) is 0 Å². The topological polar surface area (TPSA) is 48.1 Å². The summed E-state index contributed by atoms with van der Waals surface area (Å²) in [6.07, 6.45) is 0. The average Bonchev–Trinajstić information content (AvgIpc) is 2.61. The molecule has 0 unspecified atom stereocenters. The zero-order valence-corrected chi connectivity index (χ0v) is 17.2. The van der Waals surface area contributed by atoms with E-state index in [2.05, 4.69) is 73.4 Å². The van der Waals surface area contributed by atoms with E-state index in [0.29, 0.717) is 22.1 Å². The fourth-order valence-corrected chi connectivity index (χ4v) is 2.68. The molecule has 2 rings (SSSR count). The van der Waals surface area contributed by atoms with Gasteiger partial charge in [0.1, 0.15) is 0 Å². The molecule has 0 aliphatic carbocycles. The Kier molecular flexibility index (Phi) is 7.36. The van der Waals surface area contributed by atoms with Crippen LogP contribution in [0.5, 0.6) is 0 Å². The first-order valence-electron chi connectivity index (χ1n) is 8.69. The van der Waals surface area contributed by atoms with Gasteiger partial charge in [-0.05, 0) is 71.7 Å². The molecule has 4 nitrogen and oxygen atoms in total. The molecule has 0 amide bonds. The van der Waals surface area contributed by atoms with Gasteiger partial charge in [-0.3, -0.25) is 10.9 Å². The molecule has 0 radical (unpaired) electrons. The zero-order chi connectivity index (χ0) is 19.1. The maximum absolute atomic E-state index is 5.28. The second-order valence-electron chi connectivity index (χ2n) is 6.71. The first-order valence-corrected chi connectivity index (χ1v) is 9.50. The van der Waals surface area contributed by atoms with E-state index in [4.69, 9.17) is 24.4 Å². The summed E-state index contributed by atoms with van der Waals surface area (Å²) in [5.41, 5.74) is 10.2. The van der Waals surface area contributed by atoms with Crippen molar-refractivity contribution in [1.82, 2.24) is 10.9 Å². The standard InChI is InChI=1S/C20H26N4S2/c1-13(2)15-5-9-17(10-6-15)21-19(25)23-24-20(26)22-18-11-7-16(8-12-18)14(3)4/h5-14H,1-4H3,(H2,21,23,25)(H2,22,24,26). The molecule has 0 fully saturated rings. The number of hydrogen-bond donors (Lipinski definition) is 4. The highest BCUT2D eigenvalue weighted by Gasteiger charge is 2.03. The van der Waals surface area contributed by atoms with Crippen LogP contribution in [0.1, 0.15) is 50.7 Å². The van der Waals surface area contributed by atoms with Crippen molar-refractivity contribution in [2.75, 3.05) is 10.6 Å². The number of thiocarbonyl (C=S) groups is 2. The third kappa shape index (κ3) is 6.28. The molecule has 0 aliphatic rings. The predicted molar refractivity (Wildman–Crippen MR) is 120 cm³/mol. The predicted octanol–water partition coefficient (Wildman–Crippen LogP) is 5.12. The molecule has 0 saturated heterocycles. The van der Waals surface area contributed by atoms with Crippen molar-refractivity contribution in [3.63, 3.8) is 0 Å². The number of hydrogen-bond acceptors (Lipinski definition) is 2. The second kappa shape index (κ2) is 9.50. The van der Waals surface area contributed by atoms with Crippen molar-refractivity contribution in [3.8, 4) is 0 Å². The van der Waals surface area contributed by atoms with Crippen molar-refractivity contribution < 1.29 is 0 Å². The number of rotatable bonds is 4. The molecule has 0 heterocycles. The Bertz CT molecular complexity index is 672. The van der Waals surface area contributed by atoms with E-state index in [0.717, 1.165) is 11.4 Å². The van der Waals surface area contributed by atoms with Gasteiger partial charge < -0.3 is 10.6 Å². The number of hydrazine groups is 1. The maximum Gasteiger partial charge on any atom is 0.189 e. The highest BCUT2D eigenvalue weighted by molar-refractivity contribution is 7.81. The summed E-state index contributed by atoms with van der Waals surface area (Å²) in [5, 5.41) is 7.13. The summed E-state index contributed by atoms with van der Waals surface area (Å²) >= 11 is 10.6. The summed E-state index contributed by atoms with van der Waals surface area (Å²) in [7, 11) is 0. The minimum Gasteiger partial charge on any atom is -0.331 e. The van der Waals surface area contributed by atoms with E-state index >= 15 is 0 Å². The van der Waals surface area contributed by atoms with Crippen molar-refractivity contribution >= 4 is 46.0 Å². The van der Waals surface area contributed by atoms with Gasteiger partial charge in [-0.15, -0.1) is 0 Å². The van der Waals surface area contributed by atoms with Gasteiger partial charge in [0.25, 0.3) is 0 Å². The van der Waals surface area contributed by atoms with E-state index < -0.39 is 0 Å². The van der Waals surface area contributed by atoms with Crippen LogP contribution in [0.25, 0.3) is 0 Å². The Morgan fingerprint density at radius 3 is 1.19 bits per heavy atom. The third-order valence-electron chi connectivity index (χ3n) is 3.96. The lowest BCUT2D eigenvalue weighted by atomic mass is 10.0. The molecule has 6 heteroatoms. The Balaban J connectivity index is 1.78. The Morgan fingerprint density at radius 1 is 0.615 bits per heavy atom. The van der Waals surface area contributed by atoms with Crippen LogP contribution >= 0.6 is 24.4 Å². The number of anilines is 2. The molecule has 0 atom stereocenters. The Labute approximate surface area is 166 Å². The maximum atomic E-state index is 5.28.